The Hall–Kier alpha value is -2.28. The van der Waals surface area contributed by atoms with Crippen LogP contribution in [0.2, 0.25) is 0 Å². The number of halogens is 1. The third-order valence-corrected chi connectivity index (χ3v) is 2.73. The molecule has 0 saturated heterocycles. The molecule has 1 aromatic carbocycles. The number of carboxylic acids is 1. The Kier molecular flexibility index (Phi) is 3.86. The molecule has 0 aliphatic rings. The number of azo groups is 1. The van der Waals surface area contributed by atoms with Gasteiger partial charge in [0.1, 0.15) is 0 Å². The minimum absolute atomic E-state index is 0.247. The fourth-order valence-corrected chi connectivity index (χ4v) is 1.55. The van der Waals surface area contributed by atoms with Gasteiger partial charge in [0, 0.05) is 10.7 Å². The summed E-state index contributed by atoms with van der Waals surface area (Å²) in [4.78, 5) is 14.5. The Morgan fingerprint density at radius 2 is 1.89 bits per heavy atom. The van der Waals surface area contributed by atoms with E-state index in [1.807, 2.05) is 0 Å². The molecular formula is C12H7BrN3O3-. The van der Waals surface area contributed by atoms with Crippen molar-refractivity contribution in [2.24, 2.45) is 10.2 Å². The molecule has 19 heavy (non-hydrogen) atoms. The number of nitrogens with zero attached hydrogens (tertiary/aromatic N) is 3. The molecule has 1 N–H and O–H groups in total. The van der Waals surface area contributed by atoms with Gasteiger partial charge in [-0.3, -0.25) is 0 Å². The molecule has 2 aromatic rings. The Bertz CT molecular complexity index is 641. The maximum absolute atomic E-state index is 11.7. The van der Waals surface area contributed by atoms with Gasteiger partial charge >= 0.3 is 5.97 Å². The van der Waals surface area contributed by atoms with E-state index < -0.39 is 11.7 Å². The highest BCUT2D eigenvalue weighted by Crippen LogP contribution is 2.26. The van der Waals surface area contributed by atoms with E-state index in [1.165, 1.54) is 6.20 Å². The van der Waals surface area contributed by atoms with E-state index in [0.717, 1.165) is 10.5 Å². The molecule has 96 valence electrons. The van der Waals surface area contributed by atoms with E-state index in [0.29, 0.717) is 5.69 Å². The minimum Gasteiger partial charge on any atom is -0.869 e. The average Bonchev–Trinajstić information content (AvgIpc) is 2.39. The van der Waals surface area contributed by atoms with Crippen molar-refractivity contribution in [2.45, 2.75) is 0 Å². The quantitative estimate of drug-likeness (QED) is 0.878. The number of rotatable bonds is 3. The SMILES string of the molecule is O=C(O)c1ccnc(N=Nc2ccc(Br)cc2)c1[O-]. The summed E-state index contributed by atoms with van der Waals surface area (Å²) in [5.74, 6) is -2.31. The van der Waals surface area contributed by atoms with Crippen LogP contribution >= 0.6 is 15.9 Å². The third kappa shape index (κ3) is 3.14. The highest BCUT2D eigenvalue weighted by Gasteiger charge is 2.06. The topological polar surface area (TPSA) is 98.0 Å². The van der Waals surface area contributed by atoms with Crippen LogP contribution in [-0.2, 0) is 0 Å². The predicted octanol–water partition coefficient (Wildman–Crippen LogP) is 3.03. The first-order chi connectivity index (χ1) is 9.08. The summed E-state index contributed by atoms with van der Waals surface area (Å²) in [7, 11) is 0. The molecule has 0 unspecified atom stereocenters. The molecule has 0 saturated carbocycles. The Morgan fingerprint density at radius 3 is 2.53 bits per heavy atom. The van der Waals surface area contributed by atoms with E-state index in [-0.39, 0.29) is 11.4 Å². The molecule has 0 aliphatic heterocycles. The van der Waals surface area contributed by atoms with Crippen molar-refractivity contribution in [1.29, 1.82) is 0 Å². The second kappa shape index (κ2) is 5.57. The van der Waals surface area contributed by atoms with Gasteiger partial charge in [-0.25, -0.2) is 9.78 Å². The minimum atomic E-state index is -1.31. The number of aromatic carboxylic acids is 1. The lowest BCUT2D eigenvalue weighted by Gasteiger charge is -2.10. The maximum Gasteiger partial charge on any atom is 0.335 e. The van der Waals surface area contributed by atoms with Gasteiger partial charge in [0.2, 0.25) is 0 Å². The van der Waals surface area contributed by atoms with Crippen LogP contribution in [0.4, 0.5) is 11.5 Å². The van der Waals surface area contributed by atoms with E-state index in [9.17, 15) is 9.90 Å². The van der Waals surface area contributed by atoms with Crippen molar-refractivity contribution in [3.05, 3.63) is 46.6 Å². The Morgan fingerprint density at radius 1 is 1.21 bits per heavy atom. The molecule has 2 rings (SSSR count). The molecule has 0 amide bonds. The molecule has 1 aromatic heterocycles. The summed E-state index contributed by atoms with van der Waals surface area (Å²) in [6, 6.07) is 8.06. The summed E-state index contributed by atoms with van der Waals surface area (Å²) < 4.78 is 0.891. The highest BCUT2D eigenvalue weighted by molar-refractivity contribution is 9.10. The van der Waals surface area contributed by atoms with Gasteiger partial charge in [-0.05, 0) is 36.1 Å². The maximum atomic E-state index is 11.7. The molecule has 0 spiro atoms. The van der Waals surface area contributed by atoms with Crippen molar-refractivity contribution < 1.29 is 15.0 Å². The van der Waals surface area contributed by atoms with Crippen LogP contribution < -0.4 is 5.11 Å². The number of benzene rings is 1. The summed E-state index contributed by atoms with van der Waals surface area (Å²) in [5, 5.41) is 28.0. The van der Waals surface area contributed by atoms with Crippen LogP contribution in [-0.4, -0.2) is 16.1 Å². The van der Waals surface area contributed by atoms with Gasteiger partial charge in [0.25, 0.3) is 0 Å². The van der Waals surface area contributed by atoms with Crippen LogP contribution in [0.15, 0.2) is 51.2 Å². The van der Waals surface area contributed by atoms with Gasteiger partial charge in [-0.1, -0.05) is 15.9 Å². The van der Waals surface area contributed by atoms with Crippen molar-refractivity contribution in [3.63, 3.8) is 0 Å². The second-order valence-corrected chi connectivity index (χ2v) is 4.41. The fourth-order valence-electron chi connectivity index (χ4n) is 1.29. The molecule has 0 radical (unpaired) electrons. The van der Waals surface area contributed by atoms with Crippen LogP contribution in [0.5, 0.6) is 5.75 Å². The number of aromatic nitrogens is 1. The zero-order valence-electron chi connectivity index (χ0n) is 9.45. The summed E-state index contributed by atoms with van der Waals surface area (Å²) in [6.07, 6.45) is 1.21. The number of hydrogen-bond donors (Lipinski definition) is 1. The number of carbonyl (C=O) groups is 1. The summed E-state index contributed by atoms with van der Waals surface area (Å²) in [6.45, 7) is 0. The fraction of sp³-hybridized carbons (Fsp3) is 0. The van der Waals surface area contributed by atoms with Gasteiger partial charge in [-0.15, -0.1) is 10.2 Å². The lowest BCUT2D eigenvalue weighted by molar-refractivity contribution is -0.268. The Labute approximate surface area is 116 Å². The Balaban J connectivity index is 2.31. The first-order valence-electron chi connectivity index (χ1n) is 5.14. The lowest BCUT2D eigenvalue weighted by atomic mass is 10.2. The first kappa shape index (κ1) is 13.2. The van der Waals surface area contributed by atoms with E-state index >= 15 is 0 Å². The van der Waals surface area contributed by atoms with Crippen molar-refractivity contribution in [1.82, 2.24) is 4.98 Å². The number of pyridine rings is 1. The highest BCUT2D eigenvalue weighted by atomic mass is 79.9. The van der Waals surface area contributed by atoms with Gasteiger partial charge < -0.3 is 10.2 Å². The van der Waals surface area contributed by atoms with E-state index in [2.05, 4.69) is 31.1 Å². The van der Waals surface area contributed by atoms with Crippen LogP contribution in [0.3, 0.4) is 0 Å². The normalized spacial score (nSPS) is 10.8. The molecular weight excluding hydrogens is 314 g/mol. The molecule has 6 nitrogen and oxygen atoms in total. The van der Waals surface area contributed by atoms with Gasteiger partial charge in [-0.2, -0.15) is 0 Å². The van der Waals surface area contributed by atoms with Crippen molar-refractivity contribution in [2.75, 3.05) is 0 Å². The van der Waals surface area contributed by atoms with Crippen molar-refractivity contribution in [3.8, 4) is 5.75 Å². The van der Waals surface area contributed by atoms with Crippen LogP contribution in [0.1, 0.15) is 10.4 Å². The second-order valence-electron chi connectivity index (χ2n) is 3.49. The zero-order chi connectivity index (χ0) is 13.8. The number of hydrogen-bond acceptors (Lipinski definition) is 5. The monoisotopic (exact) mass is 320 g/mol. The standard InChI is InChI=1S/C12H8BrN3O3/c13-7-1-3-8(4-2-7)15-16-11-10(17)9(12(18)19)5-6-14-11/h1-6,17H,(H,18,19)/p-1. The smallest absolute Gasteiger partial charge is 0.335 e. The summed E-state index contributed by atoms with van der Waals surface area (Å²) in [5.41, 5.74) is 0.157. The molecule has 1 heterocycles. The molecule has 0 aliphatic carbocycles. The predicted molar refractivity (Wildman–Crippen MR) is 69.0 cm³/mol. The van der Waals surface area contributed by atoms with Crippen molar-refractivity contribution >= 4 is 33.4 Å². The zero-order valence-corrected chi connectivity index (χ0v) is 11.0. The molecule has 0 fully saturated rings. The third-order valence-electron chi connectivity index (χ3n) is 2.20. The summed E-state index contributed by atoms with van der Waals surface area (Å²) >= 11 is 3.28. The molecule has 0 bridgehead atoms. The van der Waals surface area contributed by atoms with E-state index in [4.69, 9.17) is 5.11 Å². The first-order valence-corrected chi connectivity index (χ1v) is 5.94. The van der Waals surface area contributed by atoms with E-state index in [1.54, 1.807) is 24.3 Å². The number of carboxylic acid groups (broad SMARTS) is 1. The molecule has 7 heteroatoms. The average molecular weight is 321 g/mol. The largest absolute Gasteiger partial charge is 0.869 e. The van der Waals surface area contributed by atoms with Crippen LogP contribution in [0.25, 0.3) is 0 Å². The molecule has 0 atom stereocenters. The van der Waals surface area contributed by atoms with Gasteiger partial charge in [0.05, 0.1) is 11.3 Å². The lowest BCUT2D eigenvalue weighted by Crippen LogP contribution is -2.04. The van der Waals surface area contributed by atoms with Crippen LogP contribution in [0, 0.1) is 0 Å². The van der Waals surface area contributed by atoms with Gasteiger partial charge in [0.15, 0.2) is 5.82 Å².